The highest BCUT2D eigenvalue weighted by Crippen LogP contribution is 2.17. The quantitative estimate of drug-likeness (QED) is 0.890. The van der Waals surface area contributed by atoms with Gasteiger partial charge in [-0.05, 0) is 30.0 Å². The first kappa shape index (κ1) is 13.7. The molecule has 0 saturated heterocycles. The molecule has 5 nitrogen and oxygen atoms in total. The highest BCUT2D eigenvalue weighted by Gasteiger charge is 2.14. The second kappa shape index (κ2) is 5.93. The molecule has 102 valence electrons. The Bertz CT molecular complexity index is 532. The third-order valence-electron chi connectivity index (χ3n) is 3.12. The van der Waals surface area contributed by atoms with E-state index in [-0.39, 0.29) is 6.04 Å². The Morgan fingerprint density at radius 1 is 1.37 bits per heavy atom. The molecule has 5 heteroatoms. The molecule has 0 radical (unpaired) electrons. The van der Waals surface area contributed by atoms with E-state index in [4.69, 9.17) is 5.73 Å². The minimum absolute atomic E-state index is 0.0937. The summed E-state index contributed by atoms with van der Waals surface area (Å²) in [7, 11) is 0. The van der Waals surface area contributed by atoms with Crippen LogP contribution in [0.1, 0.15) is 36.8 Å². The molecule has 1 unspecified atom stereocenters. The van der Waals surface area contributed by atoms with Crippen molar-refractivity contribution in [3.63, 3.8) is 0 Å². The van der Waals surface area contributed by atoms with Crippen molar-refractivity contribution >= 4 is 0 Å². The highest BCUT2D eigenvalue weighted by atomic mass is 15.3. The van der Waals surface area contributed by atoms with Crippen molar-refractivity contribution in [3.8, 4) is 0 Å². The molecule has 0 aliphatic carbocycles. The zero-order valence-corrected chi connectivity index (χ0v) is 11.7. The Morgan fingerprint density at radius 3 is 2.84 bits per heavy atom. The summed E-state index contributed by atoms with van der Waals surface area (Å²) in [6.45, 7) is 7.25. The standard InChI is InChI=1S/C14H21N5/c1-10(2)8-19-14(17-9-18-19)6-13(15)12-7-16-5-4-11(12)3/h4-5,7,9-10,13H,6,8,15H2,1-3H3. The van der Waals surface area contributed by atoms with Gasteiger partial charge in [-0.1, -0.05) is 13.8 Å². The molecule has 0 spiro atoms. The van der Waals surface area contributed by atoms with Crippen molar-refractivity contribution in [3.05, 3.63) is 41.7 Å². The molecule has 0 aliphatic heterocycles. The number of hydrogen-bond acceptors (Lipinski definition) is 4. The number of aryl methyl sites for hydroxylation is 1. The van der Waals surface area contributed by atoms with Gasteiger partial charge in [0.15, 0.2) is 0 Å². The van der Waals surface area contributed by atoms with Crippen molar-refractivity contribution < 1.29 is 0 Å². The monoisotopic (exact) mass is 259 g/mol. The Labute approximate surface area is 113 Å². The summed E-state index contributed by atoms with van der Waals surface area (Å²) in [5.41, 5.74) is 8.50. The largest absolute Gasteiger partial charge is 0.324 e. The van der Waals surface area contributed by atoms with Crippen molar-refractivity contribution in [1.29, 1.82) is 0 Å². The van der Waals surface area contributed by atoms with Crippen LogP contribution in [-0.4, -0.2) is 19.7 Å². The first-order valence-electron chi connectivity index (χ1n) is 6.60. The lowest BCUT2D eigenvalue weighted by atomic mass is 10.0. The first-order chi connectivity index (χ1) is 9.08. The Balaban J connectivity index is 2.13. The van der Waals surface area contributed by atoms with Crippen LogP contribution >= 0.6 is 0 Å². The van der Waals surface area contributed by atoms with E-state index in [2.05, 4.69) is 35.8 Å². The topological polar surface area (TPSA) is 69.6 Å². The van der Waals surface area contributed by atoms with Crippen LogP contribution in [0.25, 0.3) is 0 Å². The maximum absolute atomic E-state index is 6.27. The van der Waals surface area contributed by atoms with E-state index in [1.165, 1.54) is 0 Å². The van der Waals surface area contributed by atoms with Crippen LogP contribution in [0.5, 0.6) is 0 Å². The minimum Gasteiger partial charge on any atom is -0.324 e. The van der Waals surface area contributed by atoms with Crippen molar-refractivity contribution in [1.82, 2.24) is 19.7 Å². The molecule has 1 atom stereocenters. The summed E-state index contributed by atoms with van der Waals surface area (Å²) in [4.78, 5) is 8.46. The second-order valence-electron chi connectivity index (χ2n) is 5.30. The van der Waals surface area contributed by atoms with Crippen LogP contribution < -0.4 is 5.73 Å². The molecular formula is C14H21N5. The van der Waals surface area contributed by atoms with Crippen LogP contribution in [0.2, 0.25) is 0 Å². The maximum Gasteiger partial charge on any atom is 0.138 e. The summed E-state index contributed by atoms with van der Waals surface area (Å²) < 4.78 is 1.94. The molecule has 2 N–H and O–H groups in total. The lowest BCUT2D eigenvalue weighted by Gasteiger charge is -2.15. The summed E-state index contributed by atoms with van der Waals surface area (Å²) in [6.07, 6.45) is 5.90. The average molecular weight is 259 g/mol. The molecule has 2 rings (SSSR count). The smallest absolute Gasteiger partial charge is 0.138 e. The normalized spacial score (nSPS) is 12.9. The van der Waals surface area contributed by atoms with E-state index < -0.39 is 0 Å². The van der Waals surface area contributed by atoms with Crippen molar-refractivity contribution in [2.75, 3.05) is 0 Å². The van der Waals surface area contributed by atoms with E-state index in [0.717, 1.165) is 23.5 Å². The van der Waals surface area contributed by atoms with E-state index in [1.54, 1.807) is 12.5 Å². The molecule has 2 heterocycles. The number of hydrogen-bond donors (Lipinski definition) is 1. The summed E-state index contributed by atoms with van der Waals surface area (Å²) >= 11 is 0. The summed E-state index contributed by atoms with van der Waals surface area (Å²) in [6, 6.07) is 1.89. The van der Waals surface area contributed by atoms with Gasteiger partial charge in [-0.2, -0.15) is 5.10 Å². The minimum atomic E-state index is -0.0937. The van der Waals surface area contributed by atoms with Gasteiger partial charge in [0.25, 0.3) is 0 Å². The molecule has 0 saturated carbocycles. The molecular weight excluding hydrogens is 238 g/mol. The van der Waals surface area contributed by atoms with Gasteiger partial charge in [0.2, 0.25) is 0 Å². The number of aromatic nitrogens is 4. The lowest BCUT2D eigenvalue weighted by molar-refractivity contribution is 0.459. The predicted octanol–water partition coefficient (Wildman–Crippen LogP) is 1.88. The summed E-state index contributed by atoms with van der Waals surface area (Å²) in [5.74, 6) is 1.47. The molecule has 0 aliphatic rings. The van der Waals surface area contributed by atoms with Gasteiger partial charge in [-0.25, -0.2) is 9.67 Å². The average Bonchev–Trinajstić information content (AvgIpc) is 2.76. The Kier molecular flexibility index (Phi) is 4.27. The molecule has 0 aromatic carbocycles. The number of pyridine rings is 1. The van der Waals surface area contributed by atoms with Crippen LogP contribution in [0.3, 0.4) is 0 Å². The van der Waals surface area contributed by atoms with E-state index in [0.29, 0.717) is 12.3 Å². The fourth-order valence-corrected chi connectivity index (χ4v) is 2.12. The van der Waals surface area contributed by atoms with E-state index in [1.807, 2.05) is 16.9 Å². The number of nitrogens with two attached hydrogens (primary N) is 1. The van der Waals surface area contributed by atoms with Crippen LogP contribution in [-0.2, 0) is 13.0 Å². The third-order valence-corrected chi connectivity index (χ3v) is 3.12. The third kappa shape index (κ3) is 3.38. The second-order valence-corrected chi connectivity index (χ2v) is 5.30. The molecule has 0 amide bonds. The highest BCUT2D eigenvalue weighted by molar-refractivity contribution is 5.25. The maximum atomic E-state index is 6.27. The molecule has 2 aromatic heterocycles. The molecule has 0 fully saturated rings. The van der Waals surface area contributed by atoms with Crippen LogP contribution in [0.15, 0.2) is 24.8 Å². The van der Waals surface area contributed by atoms with Gasteiger partial charge >= 0.3 is 0 Å². The Hall–Kier alpha value is -1.75. The fraction of sp³-hybridized carbons (Fsp3) is 0.500. The zero-order chi connectivity index (χ0) is 13.8. The van der Waals surface area contributed by atoms with E-state index >= 15 is 0 Å². The lowest BCUT2D eigenvalue weighted by Crippen LogP contribution is -2.19. The number of nitrogens with zero attached hydrogens (tertiary/aromatic N) is 4. The first-order valence-corrected chi connectivity index (χ1v) is 6.60. The SMILES string of the molecule is Cc1ccncc1C(N)Cc1ncnn1CC(C)C. The number of rotatable bonds is 5. The van der Waals surface area contributed by atoms with Crippen LogP contribution in [0.4, 0.5) is 0 Å². The zero-order valence-electron chi connectivity index (χ0n) is 11.7. The molecule has 19 heavy (non-hydrogen) atoms. The van der Waals surface area contributed by atoms with Gasteiger partial charge in [-0.15, -0.1) is 0 Å². The van der Waals surface area contributed by atoms with Gasteiger partial charge in [-0.3, -0.25) is 4.98 Å². The summed E-state index contributed by atoms with van der Waals surface area (Å²) in [5, 5.41) is 4.26. The van der Waals surface area contributed by atoms with Gasteiger partial charge in [0, 0.05) is 31.4 Å². The van der Waals surface area contributed by atoms with Gasteiger partial charge in [0.1, 0.15) is 12.2 Å². The predicted molar refractivity (Wildman–Crippen MR) is 74.5 cm³/mol. The fourth-order valence-electron chi connectivity index (χ4n) is 2.12. The molecule has 2 aromatic rings. The van der Waals surface area contributed by atoms with Crippen molar-refractivity contribution in [2.24, 2.45) is 11.7 Å². The van der Waals surface area contributed by atoms with Gasteiger partial charge in [0.05, 0.1) is 0 Å². The van der Waals surface area contributed by atoms with E-state index in [9.17, 15) is 0 Å². The van der Waals surface area contributed by atoms with Crippen LogP contribution in [0, 0.1) is 12.8 Å². The molecule has 0 bridgehead atoms. The van der Waals surface area contributed by atoms with Crippen molar-refractivity contribution in [2.45, 2.75) is 39.8 Å². The van der Waals surface area contributed by atoms with Gasteiger partial charge < -0.3 is 5.73 Å². The Morgan fingerprint density at radius 2 is 2.16 bits per heavy atom.